The van der Waals surface area contributed by atoms with Crippen LogP contribution >= 0.6 is 27.5 Å². The maximum Gasteiger partial charge on any atom is 0.133 e. The molecule has 0 heterocycles. The van der Waals surface area contributed by atoms with Crippen molar-refractivity contribution in [1.82, 2.24) is 0 Å². The van der Waals surface area contributed by atoms with Gasteiger partial charge in [-0.15, -0.1) is 0 Å². The van der Waals surface area contributed by atoms with Gasteiger partial charge in [-0.25, -0.2) is 4.39 Å². The van der Waals surface area contributed by atoms with Crippen molar-refractivity contribution in [3.8, 4) is 11.5 Å². The first-order valence-corrected chi connectivity index (χ1v) is 6.29. The second kappa shape index (κ2) is 5.69. The normalized spacial score (nSPS) is 10.4. The second-order valence-electron chi connectivity index (χ2n) is 3.62. The molecular formula is C13H9BrClFO2. The standard InChI is InChI=1S/C13H9BrClFO2/c14-9-4-11(16)6-12(5-9)18-13-2-1-10(15)3-8(13)7-17/h1-6,17H,7H2. The van der Waals surface area contributed by atoms with Crippen LogP contribution in [0.2, 0.25) is 5.02 Å². The van der Waals surface area contributed by atoms with Gasteiger partial charge in [-0.1, -0.05) is 27.5 Å². The molecule has 94 valence electrons. The molecule has 0 unspecified atom stereocenters. The van der Waals surface area contributed by atoms with Crippen LogP contribution < -0.4 is 4.74 Å². The largest absolute Gasteiger partial charge is 0.457 e. The van der Waals surface area contributed by atoms with Crippen molar-refractivity contribution in [2.45, 2.75) is 6.61 Å². The lowest BCUT2D eigenvalue weighted by molar-refractivity contribution is 0.276. The Balaban J connectivity index is 2.33. The molecule has 0 bridgehead atoms. The fraction of sp³-hybridized carbons (Fsp3) is 0.0769. The summed E-state index contributed by atoms with van der Waals surface area (Å²) >= 11 is 9.00. The van der Waals surface area contributed by atoms with Crippen molar-refractivity contribution in [1.29, 1.82) is 0 Å². The Labute approximate surface area is 117 Å². The van der Waals surface area contributed by atoms with Crippen LogP contribution in [0.5, 0.6) is 11.5 Å². The van der Waals surface area contributed by atoms with Crippen LogP contribution in [0.15, 0.2) is 40.9 Å². The van der Waals surface area contributed by atoms with Gasteiger partial charge in [-0.3, -0.25) is 0 Å². The van der Waals surface area contributed by atoms with E-state index in [9.17, 15) is 9.50 Å². The molecule has 0 aromatic heterocycles. The van der Waals surface area contributed by atoms with Crippen LogP contribution in [0.3, 0.4) is 0 Å². The SMILES string of the molecule is OCc1cc(Cl)ccc1Oc1cc(F)cc(Br)c1. The molecule has 0 saturated heterocycles. The highest BCUT2D eigenvalue weighted by Gasteiger charge is 2.07. The number of hydrogen-bond donors (Lipinski definition) is 1. The molecule has 0 aliphatic carbocycles. The molecule has 2 rings (SSSR count). The smallest absolute Gasteiger partial charge is 0.133 e. The molecule has 0 amide bonds. The molecule has 0 radical (unpaired) electrons. The van der Waals surface area contributed by atoms with E-state index >= 15 is 0 Å². The maximum absolute atomic E-state index is 13.2. The summed E-state index contributed by atoms with van der Waals surface area (Å²) < 4.78 is 19.3. The Morgan fingerprint density at radius 3 is 2.67 bits per heavy atom. The van der Waals surface area contributed by atoms with Crippen LogP contribution in [0.4, 0.5) is 4.39 Å². The van der Waals surface area contributed by atoms with E-state index in [4.69, 9.17) is 16.3 Å². The van der Waals surface area contributed by atoms with E-state index in [2.05, 4.69) is 15.9 Å². The lowest BCUT2D eigenvalue weighted by Crippen LogP contribution is -1.92. The summed E-state index contributed by atoms with van der Waals surface area (Å²) in [6, 6.07) is 9.11. The molecule has 2 aromatic rings. The van der Waals surface area contributed by atoms with Crippen molar-refractivity contribution >= 4 is 27.5 Å². The summed E-state index contributed by atoms with van der Waals surface area (Å²) in [6.07, 6.45) is 0. The van der Waals surface area contributed by atoms with Gasteiger partial charge in [0, 0.05) is 21.1 Å². The summed E-state index contributed by atoms with van der Waals surface area (Å²) in [7, 11) is 0. The number of aliphatic hydroxyl groups excluding tert-OH is 1. The van der Waals surface area contributed by atoms with Crippen LogP contribution in [-0.2, 0) is 6.61 Å². The molecule has 0 fully saturated rings. The topological polar surface area (TPSA) is 29.5 Å². The quantitative estimate of drug-likeness (QED) is 0.895. The zero-order chi connectivity index (χ0) is 13.1. The minimum absolute atomic E-state index is 0.202. The minimum atomic E-state index is -0.404. The molecule has 0 aliphatic rings. The van der Waals surface area contributed by atoms with Gasteiger partial charge in [0.15, 0.2) is 0 Å². The summed E-state index contributed by atoms with van der Waals surface area (Å²) in [5.41, 5.74) is 0.544. The van der Waals surface area contributed by atoms with Crippen LogP contribution in [-0.4, -0.2) is 5.11 Å². The molecule has 0 atom stereocenters. The van der Waals surface area contributed by atoms with Gasteiger partial charge in [0.2, 0.25) is 0 Å². The highest BCUT2D eigenvalue weighted by atomic mass is 79.9. The lowest BCUT2D eigenvalue weighted by Gasteiger charge is -2.10. The summed E-state index contributed by atoms with van der Waals surface area (Å²) in [5.74, 6) is 0.386. The van der Waals surface area contributed by atoms with E-state index in [0.29, 0.717) is 26.6 Å². The van der Waals surface area contributed by atoms with E-state index in [1.807, 2.05) is 0 Å². The fourth-order valence-electron chi connectivity index (χ4n) is 1.49. The summed E-state index contributed by atoms with van der Waals surface area (Å²) in [5, 5.41) is 9.71. The Morgan fingerprint density at radius 2 is 2.00 bits per heavy atom. The first-order chi connectivity index (χ1) is 8.58. The molecular weight excluding hydrogens is 322 g/mol. The Kier molecular flexibility index (Phi) is 4.22. The third kappa shape index (κ3) is 3.22. The van der Waals surface area contributed by atoms with E-state index in [-0.39, 0.29) is 6.61 Å². The molecule has 2 aromatic carbocycles. The number of aliphatic hydroxyl groups is 1. The zero-order valence-corrected chi connectivity index (χ0v) is 11.5. The van der Waals surface area contributed by atoms with Gasteiger partial charge in [0.25, 0.3) is 0 Å². The highest BCUT2D eigenvalue weighted by Crippen LogP contribution is 2.30. The number of ether oxygens (including phenoxy) is 1. The zero-order valence-electron chi connectivity index (χ0n) is 9.16. The van der Waals surface area contributed by atoms with E-state index in [1.165, 1.54) is 12.1 Å². The highest BCUT2D eigenvalue weighted by molar-refractivity contribution is 9.10. The van der Waals surface area contributed by atoms with Gasteiger partial charge in [0.1, 0.15) is 17.3 Å². The van der Waals surface area contributed by atoms with E-state index in [0.717, 1.165) is 0 Å². The monoisotopic (exact) mass is 330 g/mol. The van der Waals surface area contributed by atoms with Gasteiger partial charge >= 0.3 is 0 Å². The summed E-state index contributed by atoms with van der Waals surface area (Å²) in [6.45, 7) is -0.202. The van der Waals surface area contributed by atoms with Gasteiger partial charge in [-0.2, -0.15) is 0 Å². The number of halogens is 3. The second-order valence-corrected chi connectivity index (χ2v) is 4.97. The predicted molar refractivity (Wildman–Crippen MR) is 71.5 cm³/mol. The van der Waals surface area contributed by atoms with Crippen LogP contribution in [0, 0.1) is 5.82 Å². The Hall–Kier alpha value is -1.10. The average Bonchev–Trinajstić information content (AvgIpc) is 2.30. The van der Waals surface area contributed by atoms with Crippen molar-refractivity contribution < 1.29 is 14.2 Å². The molecule has 5 heteroatoms. The van der Waals surface area contributed by atoms with Crippen molar-refractivity contribution in [2.75, 3.05) is 0 Å². The molecule has 2 nitrogen and oxygen atoms in total. The van der Waals surface area contributed by atoms with Crippen molar-refractivity contribution in [2.24, 2.45) is 0 Å². The number of hydrogen-bond acceptors (Lipinski definition) is 2. The van der Waals surface area contributed by atoms with E-state index < -0.39 is 5.82 Å². The van der Waals surface area contributed by atoms with Crippen molar-refractivity contribution in [3.05, 3.63) is 57.3 Å². The molecule has 0 spiro atoms. The van der Waals surface area contributed by atoms with E-state index in [1.54, 1.807) is 24.3 Å². The first-order valence-electron chi connectivity index (χ1n) is 5.12. The predicted octanol–water partition coefficient (Wildman–Crippen LogP) is 4.53. The lowest BCUT2D eigenvalue weighted by atomic mass is 10.2. The minimum Gasteiger partial charge on any atom is -0.457 e. The Bertz CT molecular complexity index is 555. The molecule has 0 saturated carbocycles. The van der Waals surface area contributed by atoms with Gasteiger partial charge in [0.05, 0.1) is 6.61 Å². The Morgan fingerprint density at radius 1 is 1.22 bits per heavy atom. The molecule has 0 aliphatic heterocycles. The third-order valence-corrected chi connectivity index (χ3v) is 2.95. The maximum atomic E-state index is 13.2. The van der Waals surface area contributed by atoms with Crippen LogP contribution in [0.1, 0.15) is 5.56 Å². The molecule has 18 heavy (non-hydrogen) atoms. The first kappa shape index (κ1) is 13.3. The number of benzene rings is 2. The average molecular weight is 332 g/mol. The van der Waals surface area contributed by atoms with Gasteiger partial charge < -0.3 is 9.84 Å². The van der Waals surface area contributed by atoms with Crippen molar-refractivity contribution in [3.63, 3.8) is 0 Å². The van der Waals surface area contributed by atoms with Gasteiger partial charge in [-0.05, 0) is 30.3 Å². The third-order valence-electron chi connectivity index (χ3n) is 2.26. The molecule has 1 N–H and O–H groups in total. The fourth-order valence-corrected chi connectivity index (χ4v) is 2.12. The van der Waals surface area contributed by atoms with Crippen LogP contribution in [0.25, 0.3) is 0 Å². The summed E-state index contributed by atoms with van der Waals surface area (Å²) in [4.78, 5) is 0. The number of rotatable bonds is 3.